The number of amides is 3. The van der Waals surface area contributed by atoms with E-state index in [1.54, 1.807) is 30.1 Å². The van der Waals surface area contributed by atoms with Crippen molar-refractivity contribution in [1.29, 1.82) is 0 Å². The van der Waals surface area contributed by atoms with Gasteiger partial charge in [0.05, 0.1) is 33.9 Å². The van der Waals surface area contributed by atoms with Gasteiger partial charge in [0.15, 0.2) is 0 Å². The Morgan fingerprint density at radius 3 is 2.57 bits per heavy atom. The SMILES string of the molecule is CN1C(=O)N[C@@H](c2cccc(Cl)c2Cl)C2=C1CN(CCc1ccccc1)C2=O. The van der Waals surface area contributed by atoms with E-state index in [1.807, 2.05) is 30.3 Å². The van der Waals surface area contributed by atoms with Crippen molar-refractivity contribution in [2.24, 2.45) is 0 Å². The molecule has 1 N–H and O–H groups in total. The van der Waals surface area contributed by atoms with Crippen molar-refractivity contribution in [3.05, 3.63) is 81.0 Å². The van der Waals surface area contributed by atoms with Gasteiger partial charge < -0.3 is 10.2 Å². The van der Waals surface area contributed by atoms with E-state index in [-0.39, 0.29) is 11.9 Å². The van der Waals surface area contributed by atoms with E-state index in [0.717, 1.165) is 12.0 Å². The summed E-state index contributed by atoms with van der Waals surface area (Å²) in [5.74, 6) is -0.0844. The van der Waals surface area contributed by atoms with Gasteiger partial charge in [0.1, 0.15) is 0 Å². The molecular formula is C21H19Cl2N3O2. The van der Waals surface area contributed by atoms with Gasteiger partial charge in [-0.1, -0.05) is 65.7 Å². The molecule has 28 heavy (non-hydrogen) atoms. The molecule has 2 aromatic carbocycles. The fourth-order valence-corrected chi connectivity index (χ4v) is 4.11. The van der Waals surface area contributed by atoms with Gasteiger partial charge >= 0.3 is 6.03 Å². The van der Waals surface area contributed by atoms with Gasteiger partial charge in [0, 0.05) is 13.6 Å². The third-order valence-electron chi connectivity index (χ3n) is 5.24. The number of carbonyl (C=O) groups is 2. The van der Waals surface area contributed by atoms with Crippen molar-refractivity contribution in [2.75, 3.05) is 20.1 Å². The van der Waals surface area contributed by atoms with Crippen LogP contribution < -0.4 is 5.32 Å². The van der Waals surface area contributed by atoms with E-state index in [1.165, 1.54) is 4.90 Å². The van der Waals surface area contributed by atoms with Gasteiger partial charge in [-0.3, -0.25) is 9.69 Å². The number of rotatable bonds is 4. The molecule has 2 aliphatic heterocycles. The fourth-order valence-electron chi connectivity index (χ4n) is 3.69. The molecule has 0 saturated carbocycles. The summed E-state index contributed by atoms with van der Waals surface area (Å²) in [5, 5.41) is 3.62. The first kappa shape index (κ1) is 18.8. The minimum atomic E-state index is -0.612. The average Bonchev–Trinajstić information content (AvgIpc) is 3.03. The van der Waals surface area contributed by atoms with E-state index in [0.29, 0.717) is 40.0 Å². The molecule has 4 rings (SSSR count). The smallest absolute Gasteiger partial charge is 0.322 e. The Kier molecular flexibility index (Phi) is 5.04. The van der Waals surface area contributed by atoms with Crippen LogP contribution in [0.2, 0.25) is 10.0 Å². The number of halogens is 2. The highest BCUT2D eigenvalue weighted by Gasteiger charge is 2.43. The molecule has 0 saturated heterocycles. The molecule has 0 bridgehead atoms. The first-order valence-corrected chi connectivity index (χ1v) is 9.77. The van der Waals surface area contributed by atoms with E-state index >= 15 is 0 Å². The molecule has 0 spiro atoms. The minimum Gasteiger partial charge on any atom is -0.333 e. The summed E-state index contributed by atoms with van der Waals surface area (Å²) in [4.78, 5) is 29.0. The van der Waals surface area contributed by atoms with Gasteiger partial charge in [-0.05, 0) is 23.6 Å². The molecule has 0 fully saturated rings. The zero-order chi connectivity index (χ0) is 19.8. The number of nitrogens with one attached hydrogen (secondary N) is 1. The van der Waals surface area contributed by atoms with Crippen LogP contribution >= 0.6 is 23.2 Å². The predicted octanol–water partition coefficient (Wildman–Crippen LogP) is 4.03. The van der Waals surface area contributed by atoms with Crippen LogP contribution in [0, 0.1) is 0 Å². The molecule has 144 valence electrons. The Morgan fingerprint density at radius 1 is 1.07 bits per heavy atom. The molecule has 3 amide bonds. The first-order valence-electron chi connectivity index (χ1n) is 9.01. The monoisotopic (exact) mass is 415 g/mol. The van der Waals surface area contributed by atoms with Crippen LogP contribution in [0.1, 0.15) is 17.2 Å². The quantitative estimate of drug-likeness (QED) is 0.819. The molecule has 2 aromatic rings. The second-order valence-corrected chi connectivity index (χ2v) is 7.69. The lowest BCUT2D eigenvalue weighted by atomic mass is 9.95. The van der Waals surface area contributed by atoms with E-state index in [9.17, 15) is 9.59 Å². The van der Waals surface area contributed by atoms with Crippen molar-refractivity contribution in [3.8, 4) is 0 Å². The van der Waals surface area contributed by atoms with Crippen LogP contribution in [0.4, 0.5) is 4.79 Å². The van der Waals surface area contributed by atoms with Crippen molar-refractivity contribution >= 4 is 35.1 Å². The summed E-state index contributed by atoms with van der Waals surface area (Å²) in [6.07, 6.45) is 0.751. The zero-order valence-corrected chi connectivity index (χ0v) is 16.8. The molecule has 0 unspecified atom stereocenters. The third-order valence-corrected chi connectivity index (χ3v) is 6.07. The van der Waals surface area contributed by atoms with E-state index in [4.69, 9.17) is 23.2 Å². The summed E-state index contributed by atoms with van der Waals surface area (Å²) < 4.78 is 0. The Balaban J connectivity index is 1.63. The Labute approximate surface area is 173 Å². The van der Waals surface area contributed by atoms with Crippen molar-refractivity contribution in [2.45, 2.75) is 12.5 Å². The van der Waals surface area contributed by atoms with Crippen LogP contribution in [0.3, 0.4) is 0 Å². The molecule has 5 nitrogen and oxygen atoms in total. The normalized spacial score (nSPS) is 19.2. The van der Waals surface area contributed by atoms with Gasteiger partial charge in [-0.25, -0.2) is 4.79 Å². The Morgan fingerprint density at radius 2 is 1.82 bits per heavy atom. The largest absolute Gasteiger partial charge is 0.333 e. The lowest BCUT2D eigenvalue weighted by molar-refractivity contribution is -0.125. The molecule has 7 heteroatoms. The van der Waals surface area contributed by atoms with Crippen LogP contribution in [0.25, 0.3) is 0 Å². The highest BCUT2D eigenvalue weighted by molar-refractivity contribution is 6.42. The zero-order valence-electron chi connectivity index (χ0n) is 15.3. The molecule has 0 aliphatic carbocycles. The van der Waals surface area contributed by atoms with Gasteiger partial charge in [-0.15, -0.1) is 0 Å². The lowest BCUT2D eigenvalue weighted by Gasteiger charge is -2.31. The molecule has 1 atom stereocenters. The summed E-state index contributed by atoms with van der Waals surface area (Å²) in [5.41, 5.74) is 3.06. The van der Waals surface area contributed by atoms with E-state index < -0.39 is 6.04 Å². The number of nitrogens with zero attached hydrogens (tertiary/aromatic N) is 2. The summed E-state index contributed by atoms with van der Waals surface area (Å²) in [7, 11) is 1.68. The molecule has 2 heterocycles. The molecule has 2 aliphatic rings. The third kappa shape index (κ3) is 3.25. The number of urea groups is 1. The van der Waals surface area contributed by atoms with Gasteiger partial charge in [0.25, 0.3) is 5.91 Å². The number of hydrogen-bond acceptors (Lipinski definition) is 2. The number of benzene rings is 2. The maximum Gasteiger partial charge on any atom is 0.322 e. The maximum absolute atomic E-state index is 13.2. The van der Waals surface area contributed by atoms with Crippen LogP contribution in [0.15, 0.2) is 59.8 Å². The average molecular weight is 416 g/mol. The van der Waals surface area contributed by atoms with Gasteiger partial charge in [0.2, 0.25) is 0 Å². The van der Waals surface area contributed by atoms with Gasteiger partial charge in [-0.2, -0.15) is 0 Å². The van der Waals surface area contributed by atoms with Crippen molar-refractivity contribution in [3.63, 3.8) is 0 Å². The number of hydrogen-bond donors (Lipinski definition) is 1. The second kappa shape index (κ2) is 7.49. The summed E-state index contributed by atoms with van der Waals surface area (Å²) in [6, 6.07) is 14.4. The fraction of sp³-hybridized carbons (Fsp3) is 0.238. The second-order valence-electron chi connectivity index (χ2n) is 6.91. The summed E-state index contributed by atoms with van der Waals surface area (Å²) in [6.45, 7) is 0.980. The maximum atomic E-state index is 13.2. The molecule has 0 aromatic heterocycles. The first-order chi connectivity index (χ1) is 13.5. The van der Waals surface area contributed by atoms with Crippen LogP contribution in [-0.2, 0) is 11.2 Å². The Hall–Kier alpha value is -2.50. The van der Waals surface area contributed by atoms with E-state index in [2.05, 4.69) is 5.32 Å². The van der Waals surface area contributed by atoms with Crippen molar-refractivity contribution in [1.82, 2.24) is 15.1 Å². The standard InChI is InChI=1S/C21H19Cl2N3O2/c1-25-16-12-26(11-10-13-6-3-2-4-7-13)20(27)17(16)19(24-21(25)28)14-8-5-9-15(22)18(14)23/h2-9,19H,10-12H2,1H3,(H,24,28)/t19-/m0/s1. The lowest BCUT2D eigenvalue weighted by Crippen LogP contribution is -2.45. The highest BCUT2D eigenvalue weighted by atomic mass is 35.5. The topological polar surface area (TPSA) is 52.7 Å². The number of likely N-dealkylation sites (N-methyl/N-ethyl adjacent to an activating group) is 1. The Bertz CT molecular complexity index is 975. The number of carbonyl (C=O) groups excluding carboxylic acids is 2. The highest BCUT2D eigenvalue weighted by Crippen LogP contribution is 2.39. The van der Waals surface area contributed by atoms with Crippen molar-refractivity contribution < 1.29 is 9.59 Å². The van der Waals surface area contributed by atoms with Crippen LogP contribution in [-0.4, -0.2) is 41.9 Å². The minimum absolute atomic E-state index is 0.0844. The summed E-state index contributed by atoms with van der Waals surface area (Å²) >= 11 is 12.5. The molecular weight excluding hydrogens is 397 g/mol. The predicted molar refractivity (Wildman–Crippen MR) is 109 cm³/mol. The molecule has 0 radical (unpaired) electrons. The van der Waals surface area contributed by atoms with Crippen LogP contribution in [0.5, 0.6) is 0 Å².